The van der Waals surface area contributed by atoms with Gasteiger partial charge in [0.15, 0.2) is 6.73 Å². The van der Waals surface area contributed by atoms with Gasteiger partial charge in [-0.25, -0.2) is 19.6 Å². The van der Waals surface area contributed by atoms with Crippen molar-refractivity contribution in [2.24, 2.45) is 11.8 Å². The minimum atomic E-state index is -1.13. The molecule has 59 heavy (non-hydrogen) atoms. The number of benzene rings is 2. The second-order valence-corrected chi connectivity index (χ2v) is 16.4. The number of hydrogen-bond acceptors (Lipinski definition) is 8. The van der Waals surface area contributed by atoms with E-state index in [1.54, 1.807) is 11.1 Å². The first-order valence-electron chi connectivity index (χ1n) is 20.3. The zero-order chi connectivity index (χ0) is 41.7. The number of fused-ring (bicyclic) bond motifs is 5. The Morgan fingerprint density at radius 1 is 0.864 bits per heavy atom. The molecule has 4 amide bonds. The zero-order valence-electron chi connectivity index (χ0n) is 34.2. The highest BCUT2D eigenvalue weighted by Crippen LogP contribution is 2.42. The Morgan fingerprint density at radius 2 is 1.47 bits per heavy atom. The smallest absolute Gasteiger partial charge is 0.407 e. The number of nitrogens with zero attached hydrogens (tertiary/aromatic N) is 6. The average Bonchev–Trinajstić information content (AvgIpc) is 4.07. The van der Waals surface area contributed by atoms with Crippen molar-refractivity contribution in [3.8, 4) is 39.5 Å². The molecule has 2 saturated heterocycles. The summed E-state index contributed by atoms with van der Waals surface area (Å²) in [6.45, 7) is 8.98. The van der Waals surface area contributed by atoms with E-state index in [-0.39, 0.29) is 35.7 Å². The van der Waals surface area contributed by atoms with Crippen molar-refractivity contribution in [3.05, 3.63) is 66.5 Å². The van der Waals surface area contributed by atoms with Gasteiger partial charge in [0.2, 0.25) is 11.8 Å². The van der Waals surface area contributed by atoms with Crippen molar-refractivity contribution >= 4 is 34.9 Å². The number of likely N-dealkylation sites (tertiary alicyclic amines) is 2. The highest BCUT2D eigenvalue weighted by atomic mass is 16.5. The molecule has 3 aromatic heterocycles. The third-order valence-corrected chi connectivity index (χ3v) is 12.0. The Bertz CT molecular complexity index is 2410. The van der Waals surface area contributed by atoms with Gasteiger partial charge in [0, 0.05) is 42.2 Å². The SMILES string of the molecule is COC(=O)N[C@H](C(=O)N1CCC[C@H]1c1ncc(-c2ccc3c(c2)cc2n3COc3cc(-c4cnc([C@@H]5CCCN5C(=O)[C@H](C(C)C)N(C)C(=O)O)[nH]4)ccc3-2)[nH]1)C(C)C. The van der Waals surface area contributed by atoms with Crippen LogP contribution in [0.5, 0.6) is 5.75 Å². The number of methoxy groups -OCH3 is 1. The predicted molar refractivity (Wildman–Crippen MR) is 219 cm³/mol. The number of aromatic amines is 2. The topological polar surface area (TPSA) is 191 Å². The van der Waals surface area contributed by atoms with Crippen molar-refractivity contribution in [3.63, 3.8) is 0 Å². The number of H-pyrrole nitrogens is 2. The van der Waals surface area contributed by atoms with Gasteiger partial charge < -0.3 is 44.2 Å². The van der Waals surface area contributed by atoms with Crippen LogP contribution in [-0.4, -0.2) is 108 Å². The van der Waals surface area contributed by atoms with Crippen LogP contribution >= 0.6 is 0 Å². The summed E-state index contributed by atoms with van der Waals surface area (Å²) in [6, 6.07) is 12.5. The second-order valence-electron chi connectivity index (χ2n) is 16.4. The molecule has 3 aliphatic heterocycles. The van der Waals surface area contributed by atoms with Crippen LogP contribution < -0.4 is 10.1 Å². The largest absolute Gasteiger partial charge is 0.472 e. The summed E-state index contributed by atoms with van der Waals surface area (Å²) >= 11 is 0. The lowest BCUT2D eigenvalue weighted by Crippen LogP contribution is -2.51. The minimum absolute atomic E-state index is 0.118. The lowest BCUT2D eigenvalue weighted by molar-refractivity contribution is -0.138. The highest BCUT2D eigenvalue weighted by molar-refractivity contribution is 5.92. The first-order valence-corrected chi connectivity index (χ1v) is 20.3. The fourth-order valence-electron chi connectivity index (χ4n) is 8.96. The zero-order valence-corrected chi connectivity index (χ0v) is 34.2. The van der Waals surface area contributed by atoms with Crippen molar-refractivity contribution in [1.82, 2.24) is 44.5 Å². The molecule has 3 aliphatic rings. The lowest BCUT2D eigenvalue weighted by atomic mass is 10.0. The third kappa shape index (κ3) is 7.25. The summed E-state index contributed by atoms with van der Waals surface area (Å²) in [4.78, 5) is 72.1. The Balaban J connectivity index is 0.999. The number of carbonyl (C=O) groups is 4. The maximum atomic E-state index is 13.7. The van der Waals surface area contributed by atoms with Crippen LogP contribution in [0.1, 0.15) is 77.1 Å². The third-order valence-electron chi connectivity index (χ3n) is 12.0. The molecule has 0 saturated carbocycles. The summed E-state index contributed by atoms with van der Waals surface area (Å²) in [5, 5.41) is 13.4. The minimum Gasteiger partial charge on any atom is -0.472 e. The van der Waals surface area contributed by atoms with Gasteiger partial charge in [0.05, 0.1) is 54.2 Å². The number of hydrogen-bond donors (Lipinski definition) is 4. The van der Waals surface area contributed by atoms with E-state index < -0.39 is 24.3 Å². The molecule has 4 N–H and O–H groups in total. The van der Waals surface area contributed by atoms with Crippen LogP contribution in [0.2, 0.25) is 0 Å². The Hall–Kier alpha value is -6.32. The van der Waals surface area contributed by atoms with Gasteiger partial charge in [0.25, 0.3) is 0 Å². The van der Waals surface area contributed by atoms with Crippen LogP contribution in [-0.2, 0) is 21.1 Å². The molecular weight excluding hydrogens is 755 g/mol. The molecule has 6 heterocycles. The second kappa shape index (κ2) is 15.8. The summed E-state index contributed by atoms with van der Waals surface area (Å²) in [7, 11) is 2.73. The number of imidazole rings is 2. The molecule has 16 nitrogen and oxygen atoms in total. The molecule has 0 aliphatic carbocycles. The van der Waals surface area contributed by atoms with Crippen LogP contribution in [0.15, 0.2) is 54.9 Å². The summed E-state index contributed by atoms with van der Waals surface area (Å²) < 4.78 is 13.3. The van der Waals surface area contributed by atoms with E-state index in [2.05, 4.69) is 50.2 Å². The van der Waals surface area contributed by atoms with Gasteiger partial charge >= 0.3 is 12.2 Å². The van der Waals surface area contributed by atoms with Crippen LogP contribution in [0.4, 0.5) is 9.59 Å². The highest BCUT2D eigenvalue weighted by Gasteiger charge is 2.40. The van der Waals surface area contributed by atoms with Crippen LogP contribution in [0.25, 0.3) is 44.7 Å². The molecule has 2 aromatic carbocycles. The van der Waals surface area contributed by atoms with Gasteiger partial charge in [-0.1, -0.05) is 39.8 Å². The first-order chi connectivity index (χ1) is 28.3. The number of aromatic nitrogens is 5. The maximum absolute atomic E-state index is 13.7. The number of likely N-dealkylation sites (N-methyl/N-ethyl adjacent to an activating group) is 1. The molecule has 4 atom stereocenters. The first kappa shape index (κ1) is 39.5. The Labute approximate surface area is 341 Å². The molecular formula is C43H51N9O7. The molecule has 0 bridgehead atoms. The van der Waals surface area contributed by atoms with Gasteiger partial charge in [0.1, 0.15) is 29.5 Å². The van der Waals surface area contributed by atoms with Crippen molar-refractivity contribution in [2.45, 2.75) is 84.3 Å². The standard InChI is InChI=1S/C43H51N9O7/c1-23(2)36(48-42(55)58-6)40(53)50-15-7-9-32(50)38-44-20-29(46-38)25-12-14-31-27(17-25)18-34-28-13-11-26(19-35(28)59-22-52(31)34)30-21-45-39(47-30)33-10-8-16-51(33)41(54)37(24(3)4)49(5)43(56)57/h11-14,17-21,23-24,32-33,36-37H,7-10,15-16,22H2,1-6H3,(H,44,46)(H,45,47)(H,48,55)(H,56,57)/t32-,33-,36-,37-/m0/s1. The van der Waals surface area contributed by atoms with Crippen LogP contribution in [0, 0.1) is 11.8 Å². The number of carbonyl (C=O) groups excluding carboxylic acids is 3. The van der Waals surface area contributed by atoms with E-state index in [0.29, 0.717) is 31.5 Å². The van der Waals surface area contributed by atoms with Crippen molar-refractivity contribution in [1.29, 1.82) is 0 Å². The van der Waals surface area contributed by atoms with E-state index in [1.165, 1.54) is 14.2 Å². The molecule has 310 valence electrons. The van der Waals surface area contributed by atoms with E-state index in [4.69, 9.17) is 19.4 Å². The van der Waals surface area contributed by atoms with Crippen LogP contribution in [0.3, 0.4) is 0 Å². The number of amides is 4. The number of carboxylic acid groups (broad SMARTS) is 1. The number of rotatable bonds is 10. The molecule has 0 unspecified atom stereocenters. The van der Waals surface area contributed by atoms with Crippen molar-refractivity contribution < 1.29 is 33.8 Å². The quantitative estimate of drug-likeness (QED) is 0.118. The van der Waals surface area contributed by atoms with E-state index in [1.807, 2.05) is 50.9 Å². The van der Waals surface area contributed by atoms with Gasteiger partial charge in [-0.15, -0.1) is 0 Å². The summed E-state index contributed by atoms with van der Waals surface area (Å²) in [6.07, 6.45) is 4.96. The number of alkyl carbamates (subject to hydrolysis) is 1. The summed E-state index contributed by atoms with van der Waals surface area (Å²) in [5.41, 5.74) is 6.53. The molecule has 5 aromatic rings. The Kier molecular flexibility index (Phi) is 10.6. The number of ether oxygens (including phenoxy) is 2. The van der Waals surface area contributed by atoms with Gasteiger partial charge in [-0.2, -0.15) is 0 Å². The van der Waals surface area contributed by atoms with Crippen molar-refractivity contribution in [2.75, 3.05) is 27.2 Å². The fraction of sp³-hybridized carbons (Fsp3) is 0.442. The van der Waals surface area contributed by atoms with E-state index in [9.17, 15) is 24.3 Å². The normalized spacial score (nSPS) is 18.4. The van der Waals surface area contributed by atoms with Gasteiger partial charge in [-0.05, 0) is 67.9 Å². The fourth-order valence-corrected chi connectivity index (χ4v) is 8.96. The summed E-state index contributed by atoms with van der Waals surface area (Å²) in [5.74, 6) is 1.47. The molecule has 0 radical (unpaired) electrons. The predicted octanol–water partition coefficient (Wildman–Crippen LogP) is 6.78. The van der Waals surface area contributed by atoms with E-state index >= 15 is 0 Å². The lowest BCUT2D eigenvalue weighted by Gasteiger charge is -2.33. The molecule has 8 rings (SSSR count). The monoisotopic (exact) mass is 805 g/mol. The average molecular weight is 806 g/mol. The molecule has 2 fully saturated rings. The molecule has 0 spiro atoms. The molecule has 16 heteroatoms. The number of nitrogens with one attached hydrogen (secondary N) is 3. The van der Waals surface area contributed by atoms with E-state index in [0.717, 1.165) is 81.0 Å². The Morgan fingerprint density at radius 3 is 2.07 bits per heavy atom. The van der Waals surface area contributed by atoms with Gasteiger partial charge in [-0.3, -0.25) is 14.5 Å². The maximum Gasteiger partial charge on any atom is 0.407 e.